The van der Waals surface area contributed by atoms with Crippen molar-refractivity contribution in [1.29, 1.82) is 0 Å². The molecule has 0 saturated carbocycles. The van der Waals surface area contributed by atoms with Gasteiger partial charge in [-0.25, -0.2) is 4.68 Å². The van der Waals surface area contributed by atoms with Gasteiger partial charge in [-0.05, 0) is 87.7 Å². The summed E-state index contributed by atoms with van der Waals surface area (Å²) < 4.78 is 7.73. The molecule has 224 valence electrons. The lowest BCUT2D eigenvalue weighted by atomic mass is 9.67. The molecule has 1 N–H and O–H groups in total. The molecule has 4 saturated heterocycles. The van der Waals surface area contributed by atoms with Crippen LogP contribution >= 0.6 is 0 Å². The van der Waals surface area contributed by atoms with E-state index in [4.69, 9.17) is 4.74 Å². The number of fused-ring (bicyclic) bond motifs is 2. The number of carbonyl (C=O) groups excluding carboxylic acids is 2. The molecule has 0 radical (unpaired) electrons. The topological polar surface area (TPSA) is 101 Å². The lowest BCUT2D eigenvalue weighted by Crippen LogP contribution is -2.67. The van der Waals surface area contributed by atoms with E-state index in [0.29, 0.717) is 35.7 Å². The van der Waals surface area contributed by atoms with Crippen molar-refractivity contribution in [3.05, 3.63) is 77.1 Å². The lowest BCUT2D eigenvalue weighted by Gasteiger charge is -2.59. The molecule has 7 rings (SSSR count). The van der Waals surface area contributed by atoms with Crippen LogP contribution in [0.25, 0.3) is 6.08 Å². The van der Waals surface area contributed by atoms with E-state index >= 15 is 0 Å². The Morgan fingerprint density at radius 2 is 1.93 bits per heavy atom. The molecule has 1 aromatic heterocycles. The van der Waals surface area contributed by atoms with E-state index < -0.39 is 0 Å². The third-order valence-corrected chi connectivity index (χ3v) is 9.97. The van der Waals surface area contributed by atoms with Crippen molar-refractivity contribution in [1.82, 2.24) is 24.8 Å². The number of allylic oxidation sites excluding steroid dienone is 1. The number of aryl methyl sites for hydroxylation is 1. The zero-order valence-electron chi connectivity index (χ0n) is 24.6. The van der Waals surface area contributed by atoms with Crippen LogP contribution in [0.15, 0.2) is 54.7 Å². The van der Waals surface area contributed by atoms with Crippen LogP contribution in [0.3, 0.4) is 0 Å². The van der Waals surface area contributed by atoms with Crippen molar-refractivity contribution in [3.8, 4) is 11.5 Å². The van der Waals surface area contributed by atoms with Crippen LogP contribution in [-0.4, -0.2) is 73.3 Å². The predicted octanol–water partition coefficient (Wildman–Crippen LogP) is 4.80. The van der Waals surface area contributed by atoms with Crippen molar-refractivity contribution in [3.63, 3.8) is 0 Å². The van der Waals surface area contributed by atoms with E-state index in [9.17, 15) is 14.7 Å². The minimum Gasteiger partial charge on any atom is -0.507 e. The third-order valence-electron chi connectivity index (χ3n) is 9.97. The van der Waals surface area contributed by atoms with Gasteiger partial charge in [-0.1, -0.05) is 41.1 Å². The van der Waals surface area contributed by atoms with E-state index in [-0.39, 0.29) is 41.7 Å². The molecule has 2 aromatic carbocycles. The van der Waals surface area contributed by atoms with Crippen LogP contribution in [0.5, 0.6) is 11.5 Å². The van der Waals surface area contributed by atoms with Crippen LogP contribution in [0.4, 0.5) is 0 Å². The first-order valence-corrected chi connectivity index (χ1v) is 15.6. The van der Waals surface area contributed by atoms with Crippen molar-refractivity contribution in [2.24, 2.45) is 11.8 Å². The molecule has 0 bridgehead atoms. The highest BCUT2D eigenvalue weighted by molar-refractivity contribution is 6.08. The number of carbonyl (C=O) groups is 2. The molecule has 43 heavy (non-hydrogen) atoms. The van der Waals surface area contributed by atoms with Crippen LogP contribution in [0, 0.1) is 18.8 Å². The summed E-state index contributed by atoms with van der Waals surface area (Å²) in [6.07, 6.45) is 11.4. The summed E-state index contributed by atoms with van der Waals surface area (Å²) in [6.45, 7) is 5.49. The highest BCUT2D eigenvalue weighted by atomic mass is 16.5. The van der Waals surface area contributed by atoms with E-state index in [2.05, 4.69) is 20.1 Å². The molecule has 5 heterocycles. The number of aromatic nitrogens is 3. The Morgan fingerprint density at radius 3 is 2.74 bits per heavy atom. The molecule has 0 spiro atoms. The van der Waals surface area contributed by atoms with Crippen LogP contribution in [-0.2, 0) is 11.4 Å². The largest absolute Gasteiger partial charge is 0.507 e. The minimum absolute atomic E-state index is 0.00665. The second-order valence-electron chi connectivity index (χ2n) is 12.7. The first kappa shape index (κ1) is 27.8. The molecular formula is C34H39N5O4. The fraction of sp³-hybridized carbons (Fsp3) is 0.471. The molecule has 0 aliphatic carbocycles. The number of phenolic OH excluding ortho intramolecular Hbond substituents is 1. The zero-order valence-corrected chi connectivity index (χ0v) is 24.6. The molecule has 0 unspecified atom stereocenters. The highest BCUT2D eigenvalue weighted by Gasteiger charge is 2.52. The number of piperidine rings is 4. The molecule has 3 aromatic rings. The Balaban J connectivity index is 0.978. The minimum atomic E-state index is -0.286. The fourth-order valence-electron chi connectivity index (χ4n) is 7.93. The van der Waals surface area contributed by atoms with E-state index in [1.54, 1.807) is 18.2 Å². The Labute approximate surface area is 252 Å². The third kappa shape index (κ3) is 5.58. The van der Waals surface area contributed by atoms with E-state index in [1.807, 2.05) is 42.1 Å². The first-order chi connectivity index (χ1) is 20.9. The van der Waals surface area contributed by atoms with Gasteiger partial charge in [-0.15, -0.1) is 5.10 Å². The van der Waals surface area contributed by atoms with Gasteiger partial charge < -0.3 is 14.7 Å². The highest BCUT2D eigenvalue weighted by Crippen LogP contribution is 2.46. The second kappa shape index (κ2) is 11.6. The zero-order chi connectivity index (χ0) is 29.5. The van der Waals surface area contributed by atoms with Crippen molar-refractivity contribution >= 4 is 17.8 Å². The van der Waals surface area contributed by atoms with Gasteiger partial charge >= 0.3 is 0 Å². The van der Waals surface area contributed by atoms with E-state index in [0.717, 1.165) is 24.1 Å². The number of nitrogens with zero attached hydrogens (tertiary/aromatic N) is 5. The van der Waals surface area contributed by atoms with Crippen molar-refractivity contribution in [2.45, 2.75) is 70.2 Å². The number of ether oxygens (including phenoxy) is 1. The first-order valence-electron chi connectivity index (χ1n) is 15.6. The lowest BCUT2D eigenvalue weighted by molar-refractivity contribution is -0.153. The molecule has 4 aliphatic heterocycles. The number of aromatic hydroxyl groups is 1. The predicted molar refractivity (Wildman–Crippen MR) is 162 cm³/mol. The van der Waals surface area contributed by atoms with Crippen molar-refractivity contribution < 1.29 is 19.4 Å². The summed E-state index contributed by atoms with van der Waals surface area (Å²) in [5, 5.41) is 19.2. The second-order valence-corrected chi connectivity index (χ2v) is 12.7. The average molecular weight is 582 g/mol. The van der Waals surface area contributed by atoms with Crippen LogP contribution in [0.2, 0.25) is 0 Å². The van der Waals surface area contributed by atoms with Gasteiger partial charge in [-0.2, -0.15) is 0 Å². The van der Waals surface area contributed by atoms with Crippen molar-refractivity contribution in [2.75, 3.05) is 19.6 Å². The number of phenols is 1. The number of ketones is 1. The van der Waals surface area contributed by atoms with Gasteiger partial charge in [0.05, 0.1) is 17.8 Å². The molecular weight excluding hydrogens is 542 g/mol. The Kier molecular flexibility index (Phi) is 7.51. The number of hydrogen-bond donors (Lipinski definition) is 1. The summed E-state index contributed by atoms with van der Waals surface area (Å²) in [5.41, 5.74) is 2.92. The number of amides is 1. The summed E-state index contributed by atoms with van der Waals surface area (Å²) in [5.74, 6) is 1.42. The standard InChI is InChI=1S/C34H39N5O4/c1-22-6-8-23(9-7-22)10-13-31(40)29-12-11-27(18-32(29)41)43-21-25-20-39(36-35-25)26-16-30-28-5-3-15-37-14-2-4-24(34(28)37)19-38(30)33(42)17-26/h6-13,18,20,24,26,28,30,34,41H,2-5,14-17,19,21H2,1H3/b13-10+/t24-,26+,28+,30+,34-/m0/s1. The van der Waals surface area contributed by atoms with Gasteiger partial charge in [0.1, 0.15) is 23.8 Å². The molecule has 4 aliphatic rings. The molecule has 9 heteroatoms. The smallest absolute Gasteiger partial charge is 0.224 e. The number of hydrogen-bond acceptors (Lipinski definition) is 7. The number of rotatable bonds is 7. The average Bonchev–Trinajstić information content (AvgIpc) is 3.50. The normalized spacial score (nSPS) is 27.1. The maximum Gasteiger partial charge on any atom is 0.224 e. The Hall–Kier alpha value is -3.98. The van der Waals surface area contributed by atoms with Gasteiger partial charge in [0.25, 0.3) is 0 Å². The van der Waals surface area contributed by atoms with Gasteiger partial charge in [0.2, 0.25) is 5.91 Å². The Bertz CT molecular complexity index is 1530. The van der Waals surface area contributed by atoms with Crippen LogP contribution < -0.4 is 4.74 Å². The maximum absolute atomic E-state index is 13.4. The molecule has 1 amide bonds. The summed E-state index contributed by atoms with van der Waals surface area (Å²) in [6, 6.07) is 13.4. The number of benzene rings is 2. The molecule has 5 atom stereocenters. The summed E-state index contributed by atoms with van der Waals surface area (Å²) in [4.78, 5) is 30.9. The summed E-state index contributed by atoms with van der Waals surface area (Å²) in [7, 11) is 0. The maximum atomic E-state index is 13.4. The van der Waals surface area contributed by atoms with Crippen LogP contribution in [0.1, 0.15) is 71.7 Å². The van der Waals surface area contributed by atoms with Gasteiger partial charge in [0.15, 0.2) is 5.78 Å². The van der Waals surface area contributed by atoms with Gasteiger partial charge in [-0.3, -0.25) is 14.5 Å². The monoisotopic (exact) mass is 581 g/mol. The quantitative estimate of drug-likeness (QED) is 0.316. The molecule has 4 fully saturated rings. The fourth-order valence-corrected chi connectivity index (χ4v) is 7.93. The summed E-state index contributed by atoms with van der Waals surface area (Å²) >= 11 is 0. The van der Waals surface area contributed by atoms with E-state index in [1.165, 1.54) is 50.9 Å². The Morgan fingerprint density at radius 1 is 1.12 bits per heavy atom. The van der Waals surface area contributed by atoms with Gasteiger partial charge in [0, 0.05) is 31.1 Å². The molecule has 9 nitrogen and oxygen atoms in total. The SMILES string of the molecule is Cc1ccc(/C=C/C(=O)c2ccc(OCc3cn([C@H]4CC(=O)N5C[C@@H]6CCCN7CCC[C@@H]([C@H]67)[C@H]5C4)nn3)cc2O)cc1.